The number of aryl methyl sites for hydroxylation is 1. The van der Waals surface area contributed by atoms with Gasteiger partial charge < -0.3 is 4.74 Å². The maximum absolute atomic E-state index is 5.42. The van der Waals surface area contributed by atoms with E-state index in [0.717, 1.165) is 11.3 Å². The standard InChI is InChI=1S/C10H12N2O/c1-7-4-3-5-11-9(7)10-12-8(2)6-13-10/h3-5,8H,6H2,1-2H3. The van der Waals surface area contributed by atoms with Crippen LogP contribution in [-0.4, -0.2) is 23.5 Å². The van der Waals surface area contributed by atoms with Gasteiger partial charge in [0.25, 0.3) is 0 Å². The molecule has 13 heavy (non-hydrogen) atoms. The maximum atomic E-state index is 5.42. The molecule has 2 heterocycles. The van der Waals surface area contributed by atoms with Gasteiger partial charge in [0.05, 0.1) is 6.04 Å². The highest BCUT2D eigenvalue weighted by atomic mass is 16.5. The number of rotatable bonds is 1. The normalized spacial score (nSPS) is 21.1. The van der Waals surface area contributed by atoms with E-state index in [2.05, 4.69) is 9.98 Å². The number of ether oxygens (including phenoxy) is 1. The van der Waals surface area contributed by atoms with Crippen molar-refractivity contribution in [2.24, 2.45) is 4.99 Å². The summed E-state index contributed by atoms with van der Waals surface area (Å²) in [5.41, 5.74) is 1.97. The molecule has 1 unspecified atom stereocenters. The van der Waals surface area contributed by atoms with Gasteiger partial charge in [-0.1, -0.05) is 6.07 Å². The van der Waals surface area contributed by atoms with E-state index in [1.54, 1.807) is 6.20 Å². The minimum absolute atomic E-state index is 0.261. The zero-order chi connectivity index (χ0) is 9.26. The lowest BCUT2D eigenvalue weighted by molar-refractivity contribution is 0.323. The molecule has 0 aromatic carbocycles. The zero-order valence-electron chi connectivity index (χ0n) is 7.82. The number of hydrogen-bond acceptors (Lipinski definition) is 3. The molecule has 0 amide bonds. The Balaban J connectivity index is 2.36. The molecular weight excluding hydrogens is 164 g/mol. The quantitative estimate of drug-likeness (QED) is 0.650. The zero-order valence-corrected chi connectivity index (χ0v) is 7.82. The fourth-order valence-corrected chi connectivity index (χ4v) is 1.31. The van der Waals surface area contributed by atoms with E-state index in [1.165, 1.54) is 0 Å². The van der Waals surface area contributed by atoms with Crippen molar-refractivity contribution >= 4 is 5.90 Å². The van der Waals surface area contributed by atoms with Crippen LogP contribution in [0, 0.1) is 6.92 Å². The van der Waals surface area contributed by atoms with Gasteiger partial charge in [0.1, 0.15) is 12.3 Å². The first-order valence-electron chi connectivity index (χ1n) is 4.40. The fraction of sp³-hybridized carbons (Fsp3) is 0.400. The molecule has 3 nitrogen and oxygen atoms in total. The van der Waals surface area contributed by atoms with Crippen LogP contribution < -0.4 is 0 Å². The summed E-state index contributed by atoms with van der Waals surface area (Å²) < 4.78 is 5.42. The number of nitrogens with zero attached hydrogens (tertiary/aromatic N) is 2. The lowest BCUT2D eigenvalue weighted by Crippen LogP contribution is -2.06. The molecule has 1 aromatic rings. The molecule has 0 bridgehead atoms. The van der Waals surface area contributed by atoms with Gasteiger partial charge in [0.15, 0.2) is 0 Å². The van der Waals surface area contributed by atoms with E-state index < -0.39 is 0 Å². The van der Waals surface area contributed by atoms with Gasteiger partial charge in [0, 0.05) is 6.20 Å². The number of aliphatic imine (C=N–C) groups is 1. The summed E-state index contributed by atoms with van der Waals surface area (Å²) in [6, 6.07) is 4.19. The lowest BCUT2D eigenvalue weighted by atomic mass is 10.2. The smallest absolute Gasteiger partial charge is 0.236 e. The highest BCUT2D eigenvalue weighted by Gasteiger charge is 2.18. The highest BCUT2D eigenvalue weighted by molar-refractivity contribution is 5.94. The molecular formula is C10H12N2O. The van der Waals surface area contributed by atoms with Crippen LogP contribution in [0.2, 0.25) is 0 Å². The van der Waals surface area contributed by atoms with Crippen molar-refractivity contribution in [3.63, 3.8) is 0 Å². The summed E-state index contributed by atoms with van der Waals surface area (Å²) in [6.07, 6.45) is 1.76. The fourth-order valence-electron chi connectivity index (χ4n) is 1.31. The third-order valence-corrected chi connectivity index (χ3v) is 2.01. The maximum Gasteiger partial charge on any atom is 0.236 e. The largest absolute Gasteiger partial charge is 0.474 e. The van der Waals surface area contributed by atoms with Crippen LogP contribution in [0.25, 0.3) is 0 Å². The van der Waals surface area contributed by atoms with E-state index in [9.17, 15) is 0 Å². The number of pyridine rings is 1. The van der Waals surface area contributed by atoms with Crippen molar-refractivity contribution in [1.29, 1.82) is 0 Å². The van der Waals surface area contributed by atoms with Crippen LogP contribution in [0.5, 0.6) is 0 Å². The molecule has 0 radical (unpaired) electrons. The monoisotopic (exact) mass is 176 g/mol. The van der Waals surface area contributed by atoms with Crippen molar-refractivity contribution in [1.82, 2.24) is 4.98 Å². The van der Waals surface area contributed by atoms with Gasteiger partial charge in [-0.2, -0.15) is 0 Å². The first-order chi connectivity index (χ1) is 6.27. The van der Waals surface area contributed by atoms with Gasteiger partial charge in [0.2, 0.25) is 5.90 Å². The van der Waals surface area contributed by atoms with Gasteiger partial charge in [-0.15, -0.1) is 0 Å². The molecule has 0 saturated heterocycles. The third kappa shape index (κ3) is 1.54. The van der Waals surface area contributed by atoms with Crippen LogP contribution in [-0.2, 0) is 4.74 Å². The molecule has 2 rings (SSSR count). The SMILES string of the molecule is Cc1cccnc1C1=NC(C)CO1. The molecule has 0 N–H and O–H groups in total. The average molecular weight is 176 g/mol. The van der Waals surface area contributed by atoms with Crippen LogP contribution in [0.3, 0.4) is 0 Å². The summed E-state index contributed by atoms with van der Waals surface area (Å²) in [7, 11) is 0. The minimum Gasteiger partial charge on any atom is -0.474 e. The van der Waals surface area contributed by atoms with E-state index in [4.69, 9.17) is 4.74 Å². The molecule has 0 spiro atoms. The lowest BCUT2D eigenvalue weighted by Gasteiger charge is -2.02. The summed E-state index contributed by atoms with van der Waals surface area (Å²) in [4.78, 5) is 8.59. The topological polar surface area (TPSA) is 34.5 Å². The van der Waals surface area contributed by atoms with Crippen LogP contribution in [0.1, 0.15) is 18.2 Å². The Hall–Kier alpha value is -1.38. The first kappa shape index (κ1) is 8.23. The molecule has 1 aliphatic heterocycles. The third-order valence-electron chi connectivity index (χ3n) is 2.01. The molecule has 68 valence electrons. The van der Waals surface area contributed by atoms with Crippen molar-refractivity contribution in [3.05, 3.63) is 29.6 Å². The van der Waals surface area contributed by atoms with Gasteiger partial charge in [-0.3, -0.25) is 4.98 Å². The van der Waals surface area contributed by atoms with E-state index in [-0.39, 0.29) is 6.04 Å². The van der Waals surface area contributed by atoms with Crippen molar-refractivity contribution in [3.8, 4) is 0 Å². The molecule has 0 aliphatic carbocycles. The number of aromatic nitrogens is 1. The van der Waals surface area contributed by atoms with E-state index in [0.29, 0.717) is 12.5 Å². The predicted molar refractivity (Wildman–Crippen MR) is 50.9 cm³/mol. The molecule has 1 atom stereocenters. The predicted octanol–water partition coefficient (Wildman–Crippen LogP) is 1.56. The summed E-state index contributed by atoms with van der Waals surface area (Å²) in [6.45, 7) is 4.72. The molecule has 1 aliphatic rings. The molecule has 0 saturated carbocycles. The van der Waals surface area contributed by atoms with Crippen molar-refractivity contribution in [2.75, 3.05) is 6.61 Å². The molecule has 0 fully saturated rings. The Bertz CT molecular complexity index is 347. The average Bonchev–Trinajstić information content (AvgIpc) is 2.53. The Morgan fingerprint density at radius 1 is 1.54 bits per heavy atom. The Morgan fingerprint density at radius 2 is 2.38 bits per heavy atom. The van der Waals surface area contributed by atoms with Crippen molar-refractivity contribution < 1.29 is 4.74 Å². The van der Waals surface area contributed by atoms with Crippen LogP contribution >= 0.6 is 0 Å². The minimum atomic E-state index is 0.261. The Kier molecular flexibility index (Phi) is 2.00. The summed E-state index contributed by atoms with van der Waals surface area (Å²) >= 11 is 0. The van der Waals surface area contributed by atoms with Gasteiger partial charge >= 0.3 is 0 Å². The first-order valence-corrected chi connectivity index (χ1v) is 4.40. The Labute approximate surface area is 77.5 Å². The second-order valence-electron chi connectivity index (χ2n) is 3.26. The van der Waals surface area contributed by atoms with Crippen LogP contribution in [0.4, 0.5) is 0 Å². The van der Waals surface area contributed by atoms with E-state index in [1.807, 2.05) is 26.0 Å². The van der Waals surface area contributed by atoms with Crippen molar-refractivity contribution in [2.45, 2.75) is 19.9 Å². The second kappa shape index (κ2) is 3.17. The Morgan fingerprint density at radius 3 is 3.00 bits per heavy atom. The number of hydrogen-bond donors (Lipinski definition) is 0. The summed E-state index contributed by atoms with van der Waals surface area (Å²) in [5, 5.41) is 0. The molecule has 1 aromatic heterocycles. The van der Waals surface area contributed by atoms with Gasteiger partial charge in [-0.05, 0) is 25.5 Å². The van der Waals surface area contributed by atoms with E-state index >= 15 is 0 Å². The summed E-state index contributed by atoms with van der Waals surface area (Å²) in [5.74, 6) is 0.686. The molecule has 3 heteroatoms. The van der Waals surface area contributed by atoms with Crippen LogP contribution in [0.15, 0.2) is 23.3 Å². The van der Waals surface area contributed by atoms with Gasteiger partial charge in [-0.25, -0.2) is 4.99 Å². The second-order valence-corrected chi connectivity index (χ2v) is 3.26. The highest BCUT2D eigenvalue weighted by Crippen LogP contribution is 2.12.